The molecule has 164 valence electrons. The summed E-state index contributed by atoms with van der Waals surface area (Å²) in [5.74, 6) is -1.75. The van der Waals surface area contributed by atoms with Crippen molar-refractivity contribution < 1.29 is 23.9 Å². The van der Waals surface area contributed by atoms with Crippen LogP contribution in [0.2, 0.25) is 0 Å². The molecule has 1 aliphatic heterocycles. The van der Waals surface area contributed by atoms with Gasteiger partial charge in [-0.3, -0.25) is 19.3 Å². The minimum absolute atomic E-state index is 0.0919. The van der Waals surface area contributed by atoms with Crippen molar-refractivity contribution >= 4 is 52.1 Å². The number of hydrogen-bond donors (Lipinski definition) is 1. The highest BCUT2D eigenvalue weighted by Gasteiger charge is 2.35. The zero-order valence-electron chi connectivity index (χ0n) is 17.5. The Balaban J connectivity index is 1.40. The Hall–Kier alpha value is -3.66. The SMILES string of the molecule is CC(C)CCN1C(=O)c2ccc(C(=O)OCC(=O)Nc3cccc4nsnc34)cc2C1=O. The Kier molecular flexibility index (Phi) is 5.95. The van der Waals surface area contributed by atoms with Crippen LogP contribution in [0, 0.1) is 5.92 Å². The first-order chi connectivity index (χ1) is 15.3. The van der Waals surface area contributed by atoms with Gasteiger partial charge in [-0.25, -0.2) is 4.79 Å². The second-order valence-corrected chi connectivity index (χ2v) is 8.30. The van der Waals surface area contributed by atoms with Crippen molar-refractivity contribution in [3.05, 3.63) is 53.1 Å². The van der Waals surface area contributed by atoms with Crippen LogP contribution in [-0.2, 0) is 9.53 Å². The van der Waals surface area contributed by atoms with Crippen molar-refractivity contribution in [2.75, 3.05) is 18.5 Å². The van der Waals surface area contributed by atoms with Gasteiger partial charge in [-0.1, -0.05) is 19.9 Å². The zero-order chi connectivity index (χ0) is 22.8. The monoisotopic (exact) mass is 452 g/mol. The third-order valence-corrected chi connectivity index (χ3v) is 5.57. The number of ether oxygens (including phenoxy) is 1. The normalized spacial score (nSPS) is 13.0. The Morgan fingerprint density at radius 2 is 1.88 bits per heavy atom. The predicted octanol–water partition coefficient (Wildman–Crippen LogP) is 3.13. The molecule has 9 nitrogen and oxygen atoms in total. The molecule has 0 fully saturated rings. The van der Waals surface area contributed by atoms with Gasteiger partial charge < -0.3 is 10.1 Å². The molecular weight excluding hydrogens is 432 g/mol. The minimum Gasteiger partial charge on any atom is -0.452 e. The van der Waals surface area contributed by atoms with Gasteiger partial charge in [0.2, 0.25) is 0 Å². The first kappa shape index (κ1) is 21.6. The summed E-state index contributed by atoms with van der Waals surface area (Å²) in [6.07, 6.45) is 0.695. The third kappa shape index (κ3) is 4.22. The van der Waals surface area contributed by atoms with Crippen LogP contribution in [0.15, 0.2) is 36.4 Å². The van der Waals surface area contributed by atoms with Gasteiger partial charge in [0.25, 0.3) is 17.7 Å². The number of anilines is 1. The van der Waals surface area contributed by atoms with Gasteiger partial charge in [-0.05, 0) is 42.7 Å². The first-order valence-corrected chi connectivity index (χ1v) is 10.8. The largest absolute Gasteiger partial charge is 0.452 e. The molecule has 0 bridgehead atoms. The van der Waals surface area contributed by atoms with E-state index in [9.17, 15) is 19.2 Å². The highest BCUT2D eigenvalue weighted by atomic mass is 32.1. The van der Waals surface area contributed by atoms with Gasteiger partial charge in [0.15, 0.2) is 6.61 Å². The number of hydrogen-bond acceptors (Lipinski definition) is 8. The zero-order valence-corrected chi connectivity index (χ0v) is 18.3. The molecule has 0 aliphatic carbocycles. The van der Waals surface area contributed by atoms with Crippen LogP contribution in [0.5, 0.6) is 0 Å². The van der Waals surface area contributed by atoms with E-state index in [0.29, 0.717) is 35.6 Å². The number of aromatic nitrogens is 2. The molecule has 1 aliphatic rings. The van der Waals surface area contributed by atoms with Crippen LogP contribution >= 0.6 is 11.7 Å². The first-order valence-electron chi connectivity index (χ1n) is 10.0. The molecule has 1 N–H and O–H groups in total. The van der Waals surface area contributed by atoms with Gasteiger partial charge in [-0.2, -0.15) is 8.75 Å². The summed E-state index contributed by atoms with van der Waals surface area (Å²) in [4.78, 5) is 51.0. The molecule has 3 aromatic rings. The second kappa shape index (κ2) is 8.83. The average molecular weight is 452 g/mol. The number of nitrogens with one attached hydrogen (secondary N) is 1. The van der Waals surface area contributed by atoms with Crippen LogP contribution in [0.3, 0.4) is 0 Å². The summed E-state index contributed by atoms with van der Waals surface area (Å²) in [6, 6.07) is 9.39. The summed E-state index contributed by atoms with van der Waals surface area (Å²) in [7, 11) is 0. The number of carbonyl (C=O) groups is 4. The van der Waals surface area contributed by atoms with E-state index >= 15 is 0 Å². The molecule has 2 aromatic carbocycles. The van der Waals surface area contributed by atoms with E-state index < -0.39 is 24.4 Å². The molecule has 2 heterocycles. The fraction of sp³-hybridized carbons (Fsp3) is 0.273. The lowest BCUT2D eigenvalue weighted by Gasteiger charge is -2.14. The quantitative estimate of drug-likeness (QED) is 0.432. The summed E-state index contributed by atoms with van der Waals surface area (Å²) in [5, 5.41) is 2.64. The Bertz CT molecular complexity index is 1240. The smallest absolute Gasteiger partial charge is 0.338 e. The van der Waals surface area contributed by atoms with E-state index in [-0.39, 0.29) is 22.6 Å². The molecule has 1 aromatic heterocycles. The molecule has 4 rings (SSSR count). The number of amides is 3. The lowest BCUT2D eigenvalue weighted by Crippen LogP contribution is -2.31. The molecule has 0 atom stereocenters. The summed E-state index contributed by atoms with van der Waals surface area (Å²) < 4.78 is 13.3. The maximum absolute atomic E-state index is 12.6. The highest BCUT2D eigenvalue weighted by molar-refractivity contribution is 7.00. The van der Waals surface area contributed by atoms with Crippen molar-refractivity contribution in [3.8, 4) is 0 Å². The maximum atomic E-state index is 12.6. The van der Waals surface area contributed by atoms with Crippen molar-refractivity contribution in [1.29, 1.82) is 0 Å². The van der Waals surface area contributed by atoms with E-state index in [1.807, 2.05) is 13.8 Å². The minimum atomic E-state index is -0.766. The Morgan fingerprint density at radius 3 is 2.66 bits per heavy atom. The predicted molar refractivity (Wildman–Crippen MR) is 118 cm³/mol. The Labute approximate surface area is 187 Å². The van der Waals surface area contributed by atoms with Crippen molar-refractivity contribution in [1.82, 2.24) is 13.6 Å². The number of nitrogens with zero attached hydrogens (tertiary/aromatic N) is 3. The van der Waals surface area contributed by atoms with Gasteiger partial charge in [0, 0.05) is 6.54 Å². The maximum Gasteiger partial charge on any atom is 0.338 e. The average Bonchev–Trinajstić information content (AvgIpc) is 3.34. The summed E-state index contributed by atoms with van der Waals surface area (Å²) in [5.41, 5.74) is 2.21. The molecule has 32 heavy (non-hydrogen) atoms. The molecule has 0 spiro atoms. The van der Waals surface area contributed by atoms with E-state index in [4.69, 9.17) is 4.74 Å². The number of carbonyl (C=O) groups excluding carboxylic acids is 4. The van der Waals surface area contributed by atoms with Gasteiger partial charge in [0.1, 0.15) is 11.0 Å². The van der Waals surface area contributed by atoms with E-state index in [2.05, 4.69) is 14.1 Å². The van der Waals surface area contributed by atoms with E-state index in [1.165, 1.54) is 23.1 Å². The number of imide groups is 1. The van der Waals surface area contributed by atoms with Crippen molar-refractivity contribution in [3.63, 3.8) is 0 Å². The summed E-state index contributed by atoms with van der Waals surface area (Å²) in [6.45, 7) is 3.83. The fourth-order valence-corrected chi connectivity index (χ4v) is 3.87. The van der Waals surface area contributed by atoms with Crippen LogP contribution < -0.4 is 5.32 Å². The molecule has 0 saturated heterocycles. The van der Waals surface area contributed by atoms with Gasteiger partial charge in [0.05, 0.1) is 34.1 Å². The van der Waals surface area contributed by atoms with Crippen LogP contribution in [0.4, 0.5) is 5.69 Å². The summed E-state index contributed by atoms with van der Waals surface area (Å²) >= 11 is 1.03. The van der Waals surface area contributed by atoms with E-state index in [0.717, 1.165) is 11.7 Å². The van der Waals surface area contributed by atoms with Crippen molar-refractivity contribution in [2.24, 2.45) is 5.92 Å². The second-order valence-electron chi connectivity index (χ2n) is 7.77. The van der Waals surface area contributed by atoms with Gasteiger partial charge >= 0.3 is 5.97 Å². The van der Waals surface area contributed by atoms with Gasteiger partial charge in [-0.15, -0.1) is 0 Å². The van der Waals surface area contributed by atoms with Crippen molar-refractivity contribution in [2.45, 2.75) is 20.3 Å². The fourth-order valence-electron chi connectivity index (χ4n) is 3.32. The standard InChI is InChI=1S/C22H20N4O5S/c1-12(2)8-9-26-20(28)14-7-6-13(10-15(14)21(26)29)22(30)31-11-18(27)23-16-4-3-5-17-19(16)25-32-24-17/h3-7,10,12H,8-9,11H2,1-2H3,(H,23,27). The third-order valence-electron chi connectivity index (χ3n) is 5.03. The van der Waals surface area contributed by atoms with Crippen LogP contribution in [-0.4, -0.2) is 50.5 Å². The van der Waals surface area contributed by atoms with E-state index in [1.54, 1.807) is 18.2 Å². The highest BCUT2D eigenvalue weighted by Crippen LogP contribution is 2.25. The topological polar surface area (TPSA) is 119 Å². The van der Waals surface area contributed by atoms with Crippen LogP contribution in [0.25, 0.3) is 11.0 Å². The molecule has 0 radical (unpaired) electrons. The molecule has 0 saturated carbocycles. The molecule has 3 amide bonds. The van der Waals surface area contributed by atoms with Crippen LogP contribution in [0.1, 0.15) is 51.3 Å². The number of rotatable bonds is 7. The molecule has 0 unspecified atom stereocenters. The number of fused-ring (bicyclic) bond motifs is 2. The number of esters is 1. The molecular formula is C22H20N4O5S. The number of benzene rings is 2. The Morgan fingerprint density at radius 1 is 1.09 bits per heavy atom. The lowest BCUT2D eigenvalue weighted by atomic mass is 10.1. The molecule has 10 heteroatoms. The lowest BCUT2D eigenvalue weighted by molar-refractivity contribution is -0.119.